The fourth-order valence-corrected chi connectivity index (χ4v) is 2.00. The summed E-state index contributed by atoms with van der Waals surface area (Å²) < 4.78 is 0. The molecule has 0 bridgehead atoms. The lowest BCUT2D eigenvalue weighted by Crippen LogP contribution is -1.99. The van der Waals surface area contributed by atoms with Gasteiger partial charge in [0.15, 0.2) is 0 Å². The third kappa shape index (κ3) is 4.20. The molecule has 0 radical (unpaired) electrons. The number of allylic oxidation sites excluding steroid dienone is 3. The minimum Gasteiger partial charge on any atom is -0.330 e. The second-order valence-electron chi connectivity index (χ2n) is 4.45. The maximum atomic E-state index is 5.52. The summed E-state index contributed by atoms with van der Waals surface area (Å²) in [6, 6.07) is 8.51. The summed E-state index contributed by atoms with van der Waals surface area (Å²) in [5.74, 6) is 0. The average Bonchev–Trinajstić information content (AvgIpc) is 2.34. The summed E-state index contributed by atoms with van der Waals surface area (Å²) in [7, 11) is 0. The molecule has 1 nitrogen and oxygen atoms in total. The minimum absolute atomic E-state index is 0.745. The first-order chi connectivity index (χ1) is 8.19. The Kier molecular flexibility index (Phi) is 5.71. The van der Waals surface area contributed by atoms with E-state index in [2.05, 4.69) is 50.8 Å². The van der Waals surface area contributed by atoms with Gasteiger partial charge in [0.2, 0.25) is 0 Å². The van der Waals surface area contributed by atoms with Crippen molar-refractivity contribution >= 4 is 5.57 Å². The molecule has 0 aliphatic heterocycles. The molecule has 0 unspecified atom stereocenters. The molecule has 0 spiro atoms. The number of benzene rings is 1. The van der Waals surface area contributed by atoms with Gasteiger partial charge in [0, 0.05) is 0 Å². The molecule has 0 heterocycles. The van der Waals surface area contributed by atoms with E-state index in [1.54, 1.807) is 0 Å². The van der Waals surface area contributed by atoms with E-state index in [1.807, 2.05) is 0 Å². The summed E-state index contributed by atoms with van der Waals surface area (Å²) >= 11 is 0. The molecule has 0 atom stereocenters. The Balaban J connectivity index is 2.74. The van der Waals surface area contributed by atoms with Crippen LogP contribution in [0.1, 0.15) is 37.3 Å². The Morgan fingerprint density at radius 2 is 2.06 bits per heavy atom. The molecule has 0 fully saturated rings. The van der Waals surface area contributed by atoms with Crippen LogP contribution in [0, 0.1) is 6.92 Å². The van der Waals surface area contributed by atoms with Crippen molar-refractivity contribution in [2.45, 2.75) is 33.1 Å². The number of rotatable bonds is 6. The Hall–Kier alpha value is -1.34. The van der Waals surface area contributed by atoms with E-state index in [0.29, 0.717) is 0 Å². The second kappa shape index (κ2) is 7.08. The monoisotopic (exact) mass is 229 g/mol. The lowest BCUT2D eigenvalue weighted by atomic mass is 9.93. The van der Waals surface area contributed by atoms with Crippen LogP contribution in [-0.4, -0.2) is 6.54 Å². The zero-order chi connectivity index (χ0) is 12.7. The van der Waals surface area contributed by atoms with Crippen LogP contribution in [0.25, 0.3) is 5.57 Å². The van der Waals surface area contributed by atoms with Gasteiger partial charge in [-0.3, -0.25) is 0 Å². The van der Waals surface area contributed by atoms with Crippen LogP contribution in [0.3, 0.4) is 0 Å². The quantitative estimate of drug-likeness (QED) is 0.731. The maximum absolute atomic E-state index is 5.52. The topological polar surface area (TPSA) is 26.0 Å². The molecule has 0 aliphatic rings. The predicted molar refractivity (Wildman–Crippen MR) is 76.9 cm³/mol. The highest BCUT2D eigenvalue weighted by Crippen LogP contribution is 2.26. The van der Waals surface area contributed by atoms with Gasteiger partial charge in [-0.25, -0.2) is 0 Å². The van der Waals surface area contributed by atoms with Gasteiger partial charge in [-0.1, -0.05) is 42.5 Å². The van der Waals surface area contributed by atoms with Crippen LogP contribution in [0.5, 0.6) is 0 Å². The highest BCUT2D eigenvalue weighted by atomic mass is 14.5. The number of aryl methyl sites for hydroxylation is 1. The molecule has 1 rings (SSSR count). The lowest BCUT2D eigenvalue weighted by molar-refractivity contribution is 0.813. The van der Waals surface area contributed by atoms with E-state index in [1.165, 1.54) is 22.3 Å². The number of hydrogen-bond acceptors (Lipinski definition) is 1. The van der Waals surface area contributed by atoms with Crippen LogP contribution >= 0.6 is 0 Å². The largest absolute Gasteiger partial charge is 0.330 e. The van der Waals surface area contributed by atoms with Crippen LogP contribution in [0.15, 0.2) is 42.5 Å². The summed E-state index contributed by atoms with van der Waals surface area (Å²) in [4.78, 5) is 0. The number of hydrogen-bond donors (Lipinski definition) is 1. The van der Waals surface area contributed by atoms with Crippen LogP contribution in [0.4, 0.5) is 0 Å². The Morgan fingerprint density at radius 1 is 1.35 bits per heavy atom. The molecular formula is C16H23N. The molecule has 92 valence electrons. The van der Waals surface area contributed by atoms with Crippen molar-refractivity contribution in [1.29, 1.82) is 0 Å². The zero-order valence-corrected chi connectivity index (χ0v) is 11.0. The predicted octanol–water partition coefficient (Wildman–Crippen LogP) is 4.08. The van der Waals surface area contributed by atoms with E-state index in [-0.39, 0.29) is 0 Å². The first-order valence-corrected chi connectivity index (χ1v) is 6.27. The highest BCUT2D eigenvalue weighted by molar-refractivity contribution is 5.69. The molecule has 1 aromatic rings. The van der Waals surface area contributed by atoms with Crippen molar-refractivity contribution in [1.82, 2.24) is 0 Å². The fraction of sp³-hybridized carbons (Fsp3) is 0.375. The van der Waals surface area contributed by atoms with Crippen molar-refractivity contribution in [2.24, 2.45) is 5.73 Å². The molecule has 0 aliphatic carbocycles. The van der Waals surface area contributed by atoms with Gasteiger partial charge in [-0.05, 0) is 56.4 Å². The normalized spacial score (nSPS) is 11.6. The van der Waals surface area contributed by atoms with Crippen LogP contribution in [-0.2, 0) is 0 Å². The summed E-state index contributed by atoms with van der Waals surface area (Å²) in [6.07, 6.45) is 5.21. The molecule has 0 saturated carbocycles. The molecule has 0 amide bonds. The van der Waals surface area contributed by atoms with Gasteiger partial charge >= 0.3 is 0 Å². The average molecular weight is 229 g/mol. The third-order valence-corrected chi connectivity index (χ3v) is 3.01. The van der Waals surface area contributed by atoms with E-state index >= 15 is 0 Å². The van der Waals surface area contributed by atoms with Crippen molar-refractivity contribution < 1.29 is 0 Å². The molecule has 1 aromatic carbocycles. The third-order valence-electron chi connectivity index (χ3n) is 3.01. The van der Waals surface area contributed by atoms with Crippen LogP contribution < -0.4 is 5.73 Å². The fourth-order valence-electron chi connectivity index (χ4n) is 2.00. The van der Waals surface area contributed by atoms with E-state index in [0.717, 1.165) is 25.8 Å². The first-order valence-electron chi connectivity index (χ1n) is 6.27. The second-order valence-corrected chi connectivity index (χ2v) is 4.45. The standard InChI is InChI=1S/C16H23N/c1-4-15(12-13(2)8-7-11-17)16-10-6-5-9-14(16)3/h4-6,9-10H,2,7-8,11-12,17H2,1,3H3/b15-4-. The van der Waals surface area contributed by atoms with Gasteiger partial charge in [-0.15, -0.1) is 0 Å². The van der Waals surface area contributed by atoms with Gasteiger partial charge in [0.05, 0.1) is 0 Å². The van der Waals surface area contributed by atoms with Crippen molar-refractivity contribution in [3.8, 4) is 0 Å². The highest BCUT2D eigenvalue weighted by Gasteiger charge is 2.05. The van der Waals surface area contributed by atoms with E-state index < -0.39 is 0 Å². The molecule has 0 saturated heterocycles. The van der Waals surface area contributed by atoms with Gasteiger partial charge in [-0.2, -0.15) is 0 Å². The summed E-state index contributed by atoms with van der Waals surface area (Å²) in [5, 5.41) is 0. The van der Waals surface area contributed by atoms with Crippen molar-refractivity contribution in [3.05, 3.63) is 53.6 Å². The SMILES string of the molecule is C=C(CCCN)C/C(=C/C)c1ccccc1C. The van der Waals surface area contributed by atoms with Crippen molar-refractivity contribution in [2.75, 3.05) is 6.54 Å². The maximum Gasteiger partial charge on any atom is -0.00670 e. The van der Waals surface area contributed by atoms with Gasteiger partial charge in [0.1, 0.15) is 0 Å². The van der Waals surface area contributed by atoms with Gasteiger partial charge < -0.3 is 5.73 Å². The zero-order valence-electron chi connectivity index (χ0n) is 11.0. The minimum atomic E-state index is 0.745. The summed E-state index contributed by atoms with van der Waals surface area (Å²) in [5.41, 5.74) is 10.8. The smallest absolute Gasteiger partial charge is 0.00670 e. The Bertz CT molecular complexity index is 402. The first kappa shape index (κ1) is 13.7. The molecule has 0 aromatic heterocycles. The molecule has 17 heavy (non-hydrogen) atoms. The summed E-state index contributed by atoms with van der Waals surface area (Å²) in [6.45, 7) is 9.13. The van der Waals surface area contributed by atoms with E-state index in [4.69, 9.17) is 5.73 Å². The number of nitrogens with two attached hydrogens (primary N) is 1. The lowest BCUT2D eigenvalue weighted by Gasteiger charge is -2.12. The van der Waals surface area contributed by atoms with Gasteiger partial charge in [0.25, 0.3) is 0 Å². The molecule has 1 heteroatoms. The molecule has 2 N–H and O–H groups in total. The Labute approximate surface area is 105 Å². The van der Waals surface area contributed by atoms with E-state index in [9.17, 15) is 0 Å². The Morgan fingerprint density at radius 3 is 2.65 bits per heavy atom. The molecular weight excluding hydrogens is 206 g/mol. The van der Waals surface area contributed by atoms with Crippen molar-refractivity contribution in [3.63, 3.8) is 0 Å². The van der Waals surface area contributed by atoms with Crippen LogP contribution in [0.2, 0.25) is 0 Å².